The Hall–Kier alpha value is -1.04. The molecule has 0 bridgehead atoms. The molecule has 0 amide bonds. The molecule has 1 saturated heterocycles. The largest absolute Gasteiger partial charge is 0.418 e. The van der Waals surface area contributed by atoms with Gasteiger partial charge in [0.05, 0.1) is 5.56 Å². The van der Waals surface area contributed by atoms with E-state index in [1.807, 2.05) is 11.8 Å². The van der Waals surface area contributed by atoms with E-state index < -0.39 is 11.7 Å². The van der Waals surface area contributed by atoms with Crippen LogP contribution in [0.3, 0.4) is 0 Å². The van der Waals surface area contributed by atoms with Gasteiger partial charge in [-0.15, -0.1) is 0 Å². The minimum atomic E-state index is -4.41. The molecule has 1 heterocycles. The second-order valence-electron chi connectivity index (χ2n) is 5.06. The van der Waals surface area contributed by atoms with E-state index in [1.165, 1.54) is 12.5 Å². The quantitative estimate of drug-likeness (QED) is 0.827. The van der Waals surface area contributed by atoms with Crippen LogP contribution in [0.1, 0.15) is 25.3 Å². The molecular weight excluding hydrogens is 273 g/mol. The molecule has 1 aliphatic heterocycles. The van der Waals surface area contributed by atoms with Crippen LogP contribution in [-0.2, 0) is 6.18 Å². The average Bonchev–Trinajstić information content (AvgIpc) is 2.74. The minimum absolute atomic E-state index is 0.111. The number of halogens is 3. The topological polar surface area (TPSA) is 38.0 Å². The normalized spacial score (nSPS) is 23.6. The number of rotatable bonds is 3. The van der Waals surface area contributed by atoms with Crippen LogP contribution < -0.4 is 11.1 Å². The number of hydrogen-bond donors (Lipinski definition) is 2. The van der Waals surface area contributed by atoms with Crippen LogP contribution in [0.4, 0.5) is 24.5 Å². The Kier molecular flexibility index (Phi) is 3.90. The first kappa shape index (κ1) is 14.4. The van der Waals surface area contributed by atoms with E-state index in [1.54, 1.807) is 6.07 Å². The molecule has 1 fully saturated rings. The highest BCUT2D eigenvalue weighted by Crippen LogP contribution is 2.38. The van der Waals surface area contributed by atoms with Crippen LogP contribution in [0, 0.1) is 0 Å². The molecule has 3 N–H and O–H groups in total. The highest BCUT2D eigenvalue weighted by atomic mass is 32.2. The number of nitrogen functional groups attached to an aromatic ring is 1. The molecule has 1 aromatic carbocycles. The molecule has 1 unspecified atom stereocenters. The first-order chi connectivity index (χ1) is 8.80. The third-order valence-electron chi connectivity index (χ3n) is 3.33. The van der Waals surface area contributed by atoms with Crippen LogP contribution >= 0.6 is 11.8 Å². The maximum atomic E-state index is 12.7. The Morgan fingerprint density at radius 2 is 2.16 bits per heavy atom. The Morgan fingerprint density at radius 3 is 2.74 bits per heavy atom. The van der Waals surface area contributed by atoms with Crippen molar-refractivity contribution in [3.8, 4) is 0 Å². The summed E-state index contributed by atoms with van der Waals surface area (Å²) in [5.41, 5.74) is 4.82. The van der Waals surface area contributed by atoms with Crippen molar-refractivity contribution < 1.29 is 13.2 Å². The lowest BCUT2D eigenvalue weighted by Gasteiger charge is -2.24. The van der Waals surface area contributed by atoms with E-state index >= 15 is 0 Å². The summed E-state index contributed by atoms with van der Waals surface area (Å²) in [7, 11) is 0. The first-order valence-corrected chi connectivity index (χ1v) is 7.13. The number of benzene rings is 1. The summed E-state index contributed by atoms with van der Waals surface area (Å²) in [6, 6.07) is 3.97. The molecule has 0 radical (unpaired) electrons. The third-order valence-corrected chi connectivity index (χ3v) is 4.86. The molecule has 1 atom stereocenters. The molecule has 2 rings (SSSR count). The Labute approximate surface area is 114 Å². The zero-order valence-corrected chi connectivity index (χ0v) is 11.5. The van der Waals surface area contributed by atoms with E-state index in [4.69, 9.17) is 5.73 Å². The van der Waals surface area contributed by atoms with Crippen molar-refractivity contribution in [2.45, 2.75) is 30.7 Å². The monoisotopic (exact) mass is 290 g/mol. The van der Waals surface area contributed by atoms with E-state index in [-0.39, 0.29) is 10.4 Å². The van der Waals surface area contributed by atoms with Crippen LogP contribution in [-0.4, -0.2) is 17.0 Å². The zero-order chi connectivity index (χ0) is 14.1. The second kappa shape index (κ2) is 5.15. The third kappa shape index (κ3) is 3.49. The zero-order valence-electron chi connectivity index (χ0n) is 10.7. The van der Waals surface area contributed by atoms with E-state index in [9.17, 15) is 13.2 Å². The van der Waals surface area contributed by atoms with Gasteiger partial charge < -0.3 is 11.1 Å². The maximum Gasteiger partial charge on any atom is 0.418 e. The van der Waals surface area contributed by atoms with Gasteiger partial charge in [-0.3, -0.25) is 0 Å². The first-order valence-electron chi connectivity index (χ1n) is 6.15. The van der Waals surface area contributed by atoms with E-state index in [0.29, 0.717) is 12.2 Å². The van der Waals surface area contributed by atoms with Crippen molar-refractivity contribution in [1.29, 1.82) is 0 Å². The lowest BCUT2D eigenvalue weighted by atomic mass is 10.1. The van der Waals surface area contributed by atoms with Gasteiger partial charge in [0.25, 0.3) is 0 Å². The summed E-state index contributed by atoms with van der Waals surface area (Å²) in [6.45, 7) is 2.80. The Morgan fingerprint density at radius 1 is 1.42 bits per heavy atom. The Balaban J connectivity index is 2.09. The number of alkyl halides is 3. The lowest BCUT2D eigenvalue weighted by molar-refractivity contribution is -0.136. The van der Waals surface area contributed by atoms with Gasteiger partial charge in [0.15, 0.2) is 0 Å². The van der Waals surface area contributed by atoms with Gasteiger partial charge in [0.1, 0.15) is 0 Å². The molecule has 2 nitrogen and oxygen atoms in total. The highest BCUT2D eigenvalue weighted by molar-refractivity contribution is 8.00. The Bertz CT molecular complexity index is 454. The molecule has 0 saturated carbocycles. The van der Waals surface area contributed by atoms with Gasteiger partial charge in [0.2, 0.25) is 0 Å². The molecule has 19 heavy (non-hydrogen) atoms. The molecular formula is C13H17F3N2S. The number of hydrogen-bond acceptors (Lipinski definition) is 3. The summed E-state index contributed by atoms with van der Waals surface area (Å²) < 4.78 is 38.3. The highest BCUT2D eigenvalue weighted by Gasteiger charge is 2.33. The van der Waals surface area contributed by atoms with Crippen LogP contribution in [0.5, 0.6) is 0 Å². The fraction of sp³-hybridized carbons (Fsp3) is 0.538. The summed E-state index contributed by atoms with van der Waals surface area (Å²) >= 11 is 1.87. The number of thioether (sulfide) groups is 1. The van der Waals surface area contributed by atoms with Gasteiger partial charge in [-0.2, -0.15) is 24.9 Å². The van der Waals surface area contributed by atoms with Crippen molar-refractivity contribution in [2.75, 3.05) is 23.3 Å². The van der Waals surface area contributed by atoms with E-state index in [2.05, 4.69) is 12.2 Å². The number of nitrogens with two attached hydrogens (primary N) is 1. The molecule has 106 valence electrons. The molecule has 0 spiro atoms. The van der Waals surface area contributed by atoms with Crippen LogP contribution in [0.15, 0.2) is 18.2 Å². The van der Waals surface area contributed by atoms with Crippen molar-refractivity contribution in [2.24, 2.45) is 0 Å². The predicted molar refractivity (Wildman–Crippen MR) is 74.4 cm³/mol. The number of nitrogens with one attached hydrogen (secondary N) is 1. The van der Waals surface area contributed by atoms with Gasteiger partial charge in [0, 0.05) is 22.7 Å². The fourth-order valence-corrected chi connectivity index (χ4v) is 3.42. The molecule has 1 aromatic rings. The van der Waals surface area contributed by atoms with E-state index in [0.717, 1.165) is 18.2 Å². The lowest BCUT2D eigenvalue weighted by Crippen LogP contribution is -2.27. The second-order valence-corrected chi connectivity index (χ2v) is 6.74. The summed E-state index contributed by atoms with van der Waals surface area (Å²) in [4.78, 5) is 0. The molecule has 0 aromatic heterocycles. The van der Waals surface area contributed by atoms with Crippen molar-refractivity contribution in [3.63, 3.8) is 0 Å². The van der Waals surface area contributed by atoms with Gasteiger partial charge >= 0.3 is 6.18 Å². The van der Waals surface area contributed by atoms with Crippen LogP contribution in [0.25, 0.3) is 0 Å². The van der Waals surface area contributed by atoms with Gasteiger partial charge in [-0.1, -0.05) is 0 Å². The minimum Gasteiger partial charge on any atom is -0.398 e. The molecule has 1 aliphatic rings. The van der Waals surface area contributed by atoms with Crippen LogP contribution in [0.2, 0.25) is 0 Å². The van der Waals surface area contributed by atoms with Gasteiger partial charge in [-0.25, -0.2) is 0 Å². The summed E-state index contributed by atoms with van der Waals surface area (Å²) in [5, 5.41) is 3.09. The summed E-state index contributed by atoms with van der Waals surface area (Å²) in [5.74, 6) is 1.12. The maximum absolute atomic E-state index is 12.7. The SMILES string of the molecule is CC1(CNc2ccc(N)c(C(F)(F)F)c2)CCCS1. The molecule has 6 heteroatoms. The fourth-order valence-electron chi connectivity index (χ4n) is 2.18. The molecule has 0 aliphatic carbocycles. The van der Waals surface area contributed by atoms with Crippen molar-refractivity contribution in [1.82, 2.24) is 0 Å². The van der Waals surface area contributed by atoms with Gasteiger partial charge in [-0.05, 0) is 43.7 Å². The number of anilines is 2. The van der Waals surface area contributed by atoms with Crippen molar-refractivity contribution >= 4 is 23.1 Å². The average molecular weight is 290 g/mol. The van der Waals surface area contributed by atoms with Crippen molar-refractivity contribution in [3.05, 3.63) is 23.8 Å². The summed E-state index contributed by atoms with van der Waals surface area (Å²) in [6.07, 6.45) is -2.15. The smallest absolute Gasteiger partial charge is 0.398 e. The standard InChI is InChI=1S/C13H17F3N2S/c1-12(5-2-6-19-12)8-18-9-3-4-11(17)10(7-9)13(14,15)16/h3-4,7,18H,2,5-6,8,17H2,1H3. The predicted octanol–water partition coefficient (Wildman–Crippen LogP) is 3.99.